The van der Waals surface area contributed by atoms with E-state index >= 15 is 0 Å². The summed E-state index contributed by atoms with van der Waals surface area (Å²) in [6, 6.07) is 1.82. The Bertz CT molecular complexity index is 502. The summed E-state index contributed by atoms with van der Waals surface area (Å²) in [6.07, 6.45) is 2.88. The van der Waals surface area contributed by atoms with Crippen LogP contribution in [0, 0.1) is 6.92 Å². The third-order valence-electron chi connectivity index (χ3n) is 3.37. The standard InChI is InChI=1S/C13H18N2O3/c1-9-6-12(11(8-16)13(17)15(9)2)14-7-10-4-3-5-18-10/h6,8,10,14H,3-5,7H2,1-2H3. The molecule has 0 saturated carbocycles. The molecule has 0 aliphatic carbocycles. The molecule has 1 aromatic heterocycles. The monoisotopic (exact) mass is 250 g/mol. The first kappa shape index (κ1) is 12.8. The predicted molar refractivity (Wildman–Crippen MR) is 69.3 cm³/mol. The molecule has 0 aromatic carbocycles. The van der Waals surface area contributed by atoms with Crippen molar-refractivity contribution in [3.8, 4) is 0 Å². The molecule has 1 fully saturated rings. The SMILES string of the molecule is Cc1cc(NCC2CCCO2)c(C=O)c(=O)n1C. The zero-order chi connectivity index (χ0) is 13.1. The van der Waals surface area contributed by atoms with Crippen LogP contribution in [0.15, 0.2) is 10.9 Å². The molecule has 1 aliphatic heterocycles. The summed E-state index contributed by atoms with van der Waals surface area (Å²) in [6.45, 7) is 3.27. The Labute approximate surface area is 106 Å². The van der Waals surface area contributed by atoms with E-state index in [0.717, 1.165) is 25.1 Å². The van der Waals surface area contributed by atoms with Gasteiger partial charge < -0.3 is 14.6 Å². The number of anilines is 1. The van der Waals surface area contributed by atoms with Crippen molar-refractivity contribution in [1.29, 1.82) is 0 Å². The van der Waals surface area contributed by atoms with Crippen LogP contribution >= 0.6 is 0 Å². The highest BCUT2D eigenvalue weighted by molar-refractivity contribution is 5.83. The second-order valence-corrected chi connectivity index (χ2v) is 4.61. The minimum atomic E-state index is -0.264. The summed E-state index contributed by atoms with van der Waals surface area (Å²) < 4.78 is 6.97. The molecule has 0 bridgehead atoms. The van der Waals surface area contributed by atoms with Crippen LogP contribution in [0.5, 0.6) is 0 Å². The second-order valence-electron chi connectivity index (χ2n) is 4.61. The predicted octanol–water partition coefficient (Wildman–Crippen LogP) is 1.10. The Hall–Kier alpha value is -1.62. The van der Waals surface area contributed by atoms with Crippen LogP contribution in [-0.2, 0) is 11.8 Å². The van der Waals surface area contributed by atoms with Crippen molar-refractivity contribution < 1.29 is 9.53 Å². The van der Waals surface area contributed by atoms with E-state index in [9.17, 15) is 9.59 Å². The van der Waals surface area contributed by atoms with Crippen molar-refractivity contribution in [2.75, 3.05) is 18.5 Å². The van der Waals surface area contributed by atoms with Gasteiger partial charge in [0.1, 0.15) is 5.56 Å². The van der Waals surface area contributed by atoms with Gasteiger partial charge in [0.2, 0.25) is 0 Å². The Kier molecular flexibility index (Phi) is 3.81. The second kappa shape index (κ2) is 5.35. The highest BCUT2D eigenvalue weighted by Gasteiger charge is 2.16. The molecule has 18 heavy (non-hydrogen) atoms. The van der Waals surface area contributed by atoms with Crippen LogP contribution in [0.1, 0.15) is 28.9 Å². The van der Waals surface area contributed by atoms with Gasteiger partial charge >= 0.3 is 0 Å². The van der Waals surface area contributed by atoms with Crippen molar-refractivity contribution in [2.45, 2.75) is 25.9 Å². The van der Waals surface area contributed by atoms with Crippen LogP contribution in [0.25, 0.3) is 0 Å². The Morgan fingerprint density at radius 1 is 1.61 bits per heavy atom. The fourth-order valence-corrected chi connectivity index (χ4v) is 2.13. The number of pyridine rings is 1. The molecule has 0 radical (unpaired) electrons. The first-order valence-electron chi connectivity index (χ1n) is 6.14. The maximum atomic E-state index is 11.9. The van der Waals surface area contributed by atoms with Crippen LogP contribution in [0.3, 0.4) is 0 Å². The molecular formula is C13H18N2O3. The Morgan fingerprint density at radius 3 is 3.00 bits per heavy atom. The lowest BCUT2D eigenvalue weighted by Crippen LogP contribution is -2.26. The van der Waals surface area contributed by atoms with Crippen LogP contribution in [0.4, 0.5) is 5.69 Å². The molecule has 0 amide bonds. The summed E-state index contributed by atoms with van der Waals surface area (Å²) >= 11 is 0. The molecule has 2 rings (SSSR count). The van der Waals surface area contributed by atoms with Gasteiger partial charge in [-0.05, 0) is 25.8 Å². The molecule has 1 atom stereocenters. The van der Waals surface area contributed by atoms with Crippen LogP contribution < -0.4 is 10.9 Å². The topological polar surface area (TPSA) is 60.3 Å². The summed E-state index contributed by atoms with van der Waals surface area (Å²) in [5, 5.41) is 3.15. The summed E-state index contributed by atoms with van der Waals surface area (Å²) in [4.78, 5) is 22.9. The lowest BCUT2D eigenvalue weighted by atomic mass is 10.2. The Balaban J connectivity index is 2.21. The molecule has 98 valence electrons. The third-order valence-corrected chi connectivity index (χ3v) is 3.37. The number of aldehydes is 1. The lowest BCUT2D eigenvalue weighted by Gasteiger charge is -2.15. The number of carbonyl (C=O) groups excluding carboxylic acids is 1. The van der Waals surface area contributed by atoms with E-state index < -0.39 is 0 Å². The van der Waals surface area contributed by atoms with Crippen molar-refractivity contribution >= 4 is 12.0 Å². The first-order chi connectivity index (χ1) is 8.63. The van der Waals surface area contributed by atoms with Gasteiger partial charge in [-0.25, -0.2) is 0 Å². The number of nitrogens with zero attached hydrogens (tertiary/aromatic N) is 1. The fraction of sp³-hybridized carbons (Fsp3) is 0.538. The van der Waals surface area contributed by atoms with Crippen LogP contribution in [0.2, 0.25) is 0 Å². The fourth-order valence-electron chi connectivity index (χ4n) is 2.13. The van der Waals surface area contributed by atoms with Crippen molar-refractivity contribution in [3.63, 3.8) is 0 Å². The molecule has 0 spiro atoms. The smallest absolute Gasteiger partial charge is 0.263 e. The Morgan fingerprint density at radius 2 is 2.39 bits per heavy atom. The zero-order valence-electron chi connectivity index (χ0n) is 10.7. The first-order valence-corrected chi connectivity index (χ1v) is 6.14. The average molecular weight is 250 g/mol. The third kappa shape index (κ3) is 2.46. The lowest BCUT2D eigenvalue weighted by molar-refractivity contribution is 0.112. The number of carbonyl (C=O) groups is 1. The van der Waals surface area contributed by atoms with Gasteiger partial charge in [0.15, 0.2) is 6.29 Å². The number of aromatic nitrogens is 1. The van der Waals surface area contributed by atoms with E-state index in [2.05, 4.69) is 5.32 Å². The van der Waals surface area contributed by atoms with E-state index in [1.807, 2.05) is 13.0 Å². The maximum absolute atomic E-state index is 11.9. The molecule has 1 N–H and O–H groups in total. The zero-order valence-corrected chi connectivity index (χ0v) is 10.7. The molecule has 1 aromatic rings. The largest absolute Gasteiger partial charge is 0.382 e. The highest BCUT2D eigenvalue weighted by atomic mass is 16.5. The molecule has 2 heterocycles. The van der Waals surface area contributed by atoms with Crippen molar-refractivity contribution in [3.05, 3.63) is 27.7 Å². The summed E-state index contributed by atoms with van der Waals surface area (Å²) in [5.74, 6) is 0. The van der Waals surface area contributed by atoms with E-state index in [4.69, 9.17) is 4.74 Å². The number of aryl methyl sites for hydroxylation is 1. The van der Waals surface area contributed by atoms with Crippen molar-refractivity contribution in [2.24, 2.45) is 7.05 Å². The van der Waals surface area contributed by atoms with Gasteiger partial charge in [0.05, 0.1) is 11.8 Å². The number of ether oxygens (including phenoxy) is 1. The number of hydrogen-bond acceptors (Lipinski definition) is 4. The molecule has 1 unspecified atom stereocenters. The van der Waals surface area contributed by atoms with E-state index in [1.165, 1.54) is 4.57 Å². The molecule has 1 aliphatic rings. The number of rotatable bonds is 4. The average Bonchev–Trinajstić information content (AvgIpc) is 2.86. The minimum absolute atomic E-state index is 0.175. The van der Waals surface area contributed by atoms with Gasteiger partial charge in [-0.2, -0.15) is 0 Å². The van der Waals surface area contributed by atoms with E-state index in [0.29, 0.717) is 18.5 Å². The molecule has 5 nitrogen and oxygen atoms in total. The van der Waals surface area contributed by atoms with Gasteiger partial charge in [0.25, 0.3) is 5.56 Å². The van der Waals surface area contributed by atoms with E-state index in [-0.39, 0.29) is 17.2 Å². The van der Waals surface area contributed by atoms with Gasteiger partial charge in [-0.15, -0.1) is 0 Å². The molecule has 5 heteroatoms. The highest BCUT2D eigenvalue weighted by Crippen LogP contribution is 2.15. The molecule has 1 saturated heterocycles. The quantitative estimate of drug-likeness (QED) is 0.813. The van der Waals surface area contributed by atoms with Gasteiger partial charge in [-0.3, -0.25) is 9.59 Å². The van der Waals surface area contributed by atoms with E-state index in [1.54, 1.807) is 7.05 Å². The summed E-state index contributed by atoms with van der Waals surface area (Å²) in [5.41, 5.74) is 1.34. The minimum Gasteiger partial charge on any atom is -0.382 e. The van der Waals surface area contributed by atoms with Gasteiger partial charge in [0, 0.05) is 25.9 Å². The van der Waals surface area contributed by atoms with Gasteiger partial charge in [-0.1, -0.05) is 0 Å². The van der Waals surface area contributed by atoms with Crippen molar-refractivity contribution in [1.82, 2.24) is 4.57 Å². The number of hydrogen-bond donors (Lipinski definition) is 1. The normalized spacial score (nSPS) is 18.9. The molecular weight excluding hydrogens is 232 g/mol. The number of nitrogens with one attached hydrogen (secondary N) is 1. The maximum Gasteiger partial charge on any atom is 0.263 e. The summed E-state index contributed by atoms with van der Waals surface area (Å²) in [7, 11) is 1.66. The van der Waals surface area contributed by atoms with Crippen LogP contribution in [-0.4, -0.2) is 30.1 Å².